The summed E-state index contributed by atoms with van der Waals surface area (Å²) in [5.74, 6) is 0. The molecule has 3 rings (SSSR count). The molecule has 1 N–H and O–H groups in total. The summed E-state index contributed by atoms with van der Waals surface area (Å²) in [5, 5.41) is 0. The Morgan fingerprint density at radius 2 is 1.31 bits per heavy atom. The van der Waals surface area contributed by atoms with Crippen molar-refractivity contribution >= 4 is 15.7 Å². The highest BCUT2D eigenvalue weighted by molar-refractivity contribution is 7.89. The minimum Gasteiger partial charge on any atom is -0.369 e. The van der Waals surface area contributed by atoms with Crippen molar-refractivity contribution < 1.29 is 8.42 Å². The van der Waals surface area contributed by atoms with Crippen LogP contribution in [0.3, 0.4) is 0 Å². The van der Waals surface area contributed by atoms with E-state index in [1.807, 2.05) is 33.8 Å². The van der Waals surface area contributed by atoms with Crippen LogP contribution in [0.5, 0.6) is 0 Å². The normalized spacial score (nSPS) is 15.7. The van der Waals surface area contributed by atoms with Crippen LogP contribution in [0.2, 0.25) is 0 Å². The maximum absolute atomic E-state index is 13.0. The van der Waals surface area contributed by atoms with Gasteiger partial charge in [0.05, 0.1) is 4.90 Å². The highest BCUT2D eigenvalue weighted by Gasteiger charge is 2.24. The molecule has 0 aliphatic carbocycles. The Labute approximate surface area is 175 Å². The molecular formula is C23H33N3O2S. The summed E-state index contributed by atoms with van der Waals surface area (Å²) in [6.45, 7) is 14.8. The van der Waals surface area contributed by atoms with Crippen molar-refractivity contribution in [3.8, 4) is 0 Å². The molecule has 1 aliphatic rings. The van der Waals surface area contributed by atoms with Gasteiger partial charge < -0.3 is 4.90 Å². The first-order valence-corrected chi connectivity index (χ1v) is 11.8. The van der Waals surface area contributed by atoms with Gasteiger partial charge in [0.15, 0.2) is 0 Å². The molecule has 0 spiro atoms. The molecule has 0 atom stereocenters. The third kappa shape index (κ3) is 4.65. The van der Waals surface area contributed by atoms with Gasteiger partial charge >= 0.3 is 0 Å². The van der Waals surface area contributed by atoms with Gasteiger partial charge in [-0.3, -0.25) is 4.90 Å². The Kier molecular flexibility index (Phi) is 6.66. The number of nitrogens with zero attached hydrogens (tertiary/aromatic N) is 2. The lowest BCUT2D eigenvalue weighted by atomic mass is 9.95. The molecule has 29 heavy (non-hydrogen) atoms. The fraction of sp³-hybridized carbons (Fsp3) is 0.478. The number of benzene rings is 2. The first-order chi connectivity index (χ1) is 13.7. The van der Waals surface area contributed by atoms with Crippen molar-refractivity contribution in [3.63, 3.8) is 0 Å². The molecule has 5 nitrogen and oxygen atoms in total. The molecule has 0 saturated carbocycles. The third-order valence-electron chi connectivity index (χ3n) is 6.41. The van der Waals surface area contributed by atoms with Gasteiger partial charge in [-0.15, -0.1) is 0 Å². The van der Waals surface area contributed by atoms with Crippen LogP contribution in [-0.2, 0) is 10.0 Å². The first-order valence-electron chi connectivity index (χ1n) is 10.3. The Bertz CT molecular complexity index is 934. The number of nitrogens with one attached hydrogen (secondary N) is 1. The predicted octanol–water partition coefficient (Wildman–Crippen LogP) is 3.33. The summed E-state index contributed by atoms with van der Waals surface area (Å²) >= 11 is 0. The summed E-state index contributed by atoms with van der Waals surface area (Å²) in [7, 11) is -3.53. The number of rotatable bonds is 6. The zero-order valence-corrected chi connectivity index (χ0v) is 19.1. The van der Waals surface area contributed by atoms with Crippen LogP contribution in [0.25, 0.3) is 0 Å². The zero-order valence-electron chi connectivity index (χ0n) is 18.2. The van der Waals surface area contributed by atoms with E-state index in [0.29, 0.717) is 11.4 Å². The van der Waals surface area contributed by atoms with Crippen LogP contribution in [0.1, 0.15) is 27.8 Å². The van der Waals surface area contributed by atoms with Crippen LogP contribution < -0.4 is 9.62 Å². The van der Waals surface area contributed by atoms with Gasteiger partial charge in [0.1, 0.15) is 0 Å². The van der Waals surface area contributed by atoms with E-state index in [2.05, 4.69) is 45.7 Å². The van der Waals surface area contributed by atoms with E-state index in [9.17, 15) is 8.42 Å². The molecule has 1 saturated heterocycles. The van der Waals surface area contributed by atoms with E-state index >= 15 is 0 Å². The number of anilines is 1. The van der Waals surface area contributed by atoms with Gasteiger partial charge in [-0.1, -0.05) is 18.2 Å². The van der Waals surface area contributed by atoms with Crippen molar-refractivity contribution in [2.75, 3.05) is 44.2 Å². The number of hydrogen-bond donors (Lipinski definition) is 1. The monoisotopic (exact) mass is 415 g/mol. The van der Waals surface area contributed by atoms with Crippen molar-refractivity contribution in [1.82, 2.24) is 9.62 Å². The molecule has 0 aromatic heterocycles. The van der Waals surface area contributed by atoms with E-state index < -0.39 is 10.0 Å². The molecule has 2 aromatic carbocycles. The highest BCUT2D eigenvalue weighted by atomic mass is 32.2. The standard InChI is InChI=1S/C23H33N3O2S/c1-17-18(2)20(4)23(21(5)19(17)3)29(27,28)24-11-12-25-13-15-26(16-14-25)22-9-7-6-8-10-22/h6-10,24H,11-16H2,1-5H3. The molecule has 158 valence electrons. The van der Waals surface area contributed by atoms with E-state index in [4.69, 9.17) is 0 Å². The molecule has 2 aromatic rings. The minimum atomic E-state index is -3.53. The zero-order chi connectivity index (χ0) is 21.2. The molecule has 0 radical (unpaired) electrons. The van der Waals surface area contributed by atoms with Crippen LogP contribution in [0.15, 0.2) is 35.2 Å². The third-order valence-corrected chi connectivity index (χ3v) is 8.15. The summed E-state index contributed by atoms with van der Waals surface area (Å²) in [6, 6.07) is 10.4. The molecular weight excluding hydrogens is 382 g/mol. The Morgan fingerprint density at radius 3 is 1.86 bits per heavy atom. The molecule has 1 fully saturated rings. The Hall–Kier alpha value is -1.89. The molecule has 0 unspecified atom stereocenters. The number of hydrogen-bond acceptors (Lipinski definition) is 4. The van der Waals surface area contributed by atoms with Gasteiger partial charge in [0.25, 0.3) is 0 Å². The van der Waals surface area contributed by atoms with Crippen molar-refractivity contribution in [3.05, 3.63) is 58.1 Å². The van der Waals surface area contributed by atoms with Gasteiger partial charge in [0.2, 0.25) is 10.0 Å². The first kappa shape index (κ1) is 21.8. The number of sulfonamides is 1. The van der Waals surface area contributed by atoms with Crippen molar-refractivity contribution in [2.45, 2.75) is 39.5 Å². The molecule has 6 heteroatoms. The maximum atomic E-state index is 13.0. The van der Waals surface area contributed by atoms with E-state index in [0.717, 1.165) is 55.0 Å². The van der Waals surface area contributed by atoms with Crippen LogP contribution >= 0.6 is 0 Å². The van der Waals surface area contributed by atoms with E-state index in [1.54, 1.807) is 0 Å². The summed E-state index contributed by atoms with van der Waals surface area (Å²) in [5.41, 5.74) is 6.26. The van der Waals surface area contributed by atoms with E-state index in [1.165, 1.54) is 11.3 Å². The highest BCUT2D eigenvalue weighted by Crippen LogP contribution is 2.29. The molecule has 0 bridgehead atoms. The maximum Gasteiger partial charge on any atom is 0.241 e. The van der Waals surface area contributed by atoms with Crippen LogP contribution in [0, 0.1) is 34.6 Å². The molecule has 1 heterocycles. The Balaban J connectivity index is 1.59. The lowest BCUT2D eigenvalue weighted by Gasteiger charge is -2.36. The van der Waals surface area contributed by atoms with Gasteiger partial charge in [-0.2, -0.15) is 0 Å². The van der Waals surface area contributed by atoms with Gasteiger partial charge in [-0.25, -0.2) is 13.1 Å². The van der Waals surface area contributed by atoms with Crippen LogP contribution in [-0.4, -0.2) is 52.6 Å². The topological polar surface area (TPSA) is 52.7 Å². The molecule has 1 aliphatic heterocycles. The smallest absolute Gasteiger partial charge is 0.241 e. The lowest BCUT2D eigenvalue weighted by molar-refractivity contribution is 0.262. The van der Waals surface area contributed by atoms with E-state index in [-0.39, 0.29) is 0 Å². The fourth-order valence-electron chi connectivity index (χ4n) is 4.15. The largest absolute Gasteiger partial charge is 0.369 e. The fourth-order valence-corrected chi connectivity index (χ4v) is 5.76. The number of piperazine rings is 1. The lowest BCUT2D eigenvalue weighted by Crippen LogP contribution is -2.48. The number of para-hydroxylation sites is 1. The second-order valence-corrected chi connectivity index (χ2v) is 9.72. The summed E-state index contributed by atoms with van der Waals surface area (Å²) in [6.07, 6.45) is 0. The quantitative estimate of drug-likeness (QED) is 0.786. The SMILES string of the molecule is Cc1c(C)c(C)c(S(=O)(=O)NCCN2CCN(c3ccccc3)CC2)c(C)c1C. The average Bonchev–Trinajstić information content (AvgIpc) is 2.72. The van der Waals surface area contributed by atoms with Crippen LogP contribution in [0.4, 0.5) is 5.69 Å². The van der Waals surface area contributed by atoms with Gasteiger partial charge in [-0.05, 0) is 74.6 Å². The molecule has 0 amide bonds. The van der Waals surface area contributed by atoms with Crippen molar-refractivity contribution in [2.24, 2.45) is 0 Å². The summed E-state index contributed by atoms with van der Waals surface area (Å²) < 4.78 is 28.9. The minimum absolute atomic E-state index is 0.429. The second kappa shape index (κ2) is 8.86. The van der Waals surface area contributed by atoms with Gasteiger partial charge in [0, 0.05) is 45.0 Å². The van der Waals surface area contributed by atoms with Crippen molar-refractivity contribution in [1.29, 1.82) is 0 Å². The predicted molar refractivity (Wildman–Crippen MR) is 120 cm³/mol. The average molecular weight is 416 g/mol. The summed E-state index contributed by atoms with van der Waals surface area (Å²) in [4.78, 5) is 5.16. The Morgan fingerprint density at radius 1 is 0.793 bits per heavy atom. The second-order valence-electron chi connectivity index (χ2n) is 8.02.